The van der Waals surface area contributed by atoms with Gasteiger partial charge in [0.2, 0.25) is 5.91 Å². The zero-order valence-electron chi connectivity index (χ0n) is 13.0. The van der Waals surface area contributed by atoms with E-state index in [9.17, 15) is 14.3 Å². The summed E-state index contributed by atoms with van der Waals surface area (Å²) < 4.78 is 18.3. The molecule has 0 saturated carbocycles. The van der Waals surface area contributed by atoms with Crippen LogP contribution in [0.15, 0.2) is 48.5 Å². The van der Waals surface area contributed by atoms with Gasteiger partial charge in [0.15, 0.2) is 0 Å². The maximum atomic E-state index is 12.8. The summed E-state index contributed by atoms with van der Waals surface area (Å²) >= 11 is 0. The second-order valence-corrected chi connectivity index (χ2v) is 5.61. The van der Waals surface area contributed by atoms with Gasteiger partial charge >= 0.3 is 0 Å². The highest BCUT2D eigenvalue weighted by Crippen LogP contribution is 2.26. The standard InChI is InChI=1S/C19H18FNO3/c20-16-5-3-14(4-6-16)17(22)12-21-19(23)8-2-13-1-7-18-15(11-13)9-10-24-18/h1-8,11,17,22H,9-10,12H2,(H,21,23)/b8-2+. The van der Waals surface area contributed by atoms with Gasteiger partial charge in [0.25, 0.3) is 0 Å². The third-order valence-electron chi connectivity index (χ3n) is 3.87. The van der Waals surface area contributed by atoms with Crippen molar-refractivity contribution in [2.75, 3.05) is 13.2 Å². The predicted molar refractivity (Wildman–Crippen MR) is 89.0 cm³/mol. The fourth-order valence-electron chi connectivity index (χ4n) is 2.54. The number of carbonyl (C=O) groups excluding carboxylic acids is 1. The molecule has 1 unspecified atom stereocenters. The van der Waals surface area contributed by atoms with E-state index >= 15 is 0 Å². The summed E-state index contributed by atoms with van der Waals surface area (Å²) in [4.78, 5) is 11.8. The minimum atomic E-state index is -0.875. The third-order valence-corrected chi connectivity index (χ3v) is 3.87. The molecule has 2 aromatic rings. The van der Waals surface area contributed by atoms with Crippen LogP contribution in [0.25, 0.3) is 6.08 Å². The van der Waals surface area contributed by atoms with E-state index in [-0.39, 0.29) is 18.3 Å². The predicted octanol–water partition coefficient (Wildman–Crippen LogP) is 2.62. The van der Waals surface area contributed by atoms with Crippen LogP contribution in [-0.2, 0) is 11.2 Å². The van der Waals surface area contributed by atoms with Gasteiger partial charge in [-0.05, 0) is 47.0 Å². The van der Waals surface area contributed by atoms with E-state index in [1.165, 1.54) is 30.3 Å². The van der Waals surface area contributed by atoms with Gasteiger partial charge in [-0.25, -0.2) is 4.39 Å². The molecule has 0 bridgehead atoms. The lowest BCUT2D eigenvalue weighted by molar-refractivity contribution is -0.116. The lowest BCUT2D eigenvalue weighted by atomic mass is 10.1. The van der Waals surface area contributed by atoms with Crippen molar-refractivity contribution in [1.82, 2.24) is 5.32 Å². The average Bonchev–Trinajstić information content (AvgIpc) is 3.06. The molecule has 1 heterocycles. The number of nitrogens with one attached hydrogen (secondary N) is 1. The Balaban J connectivity index is 1.52. The van der Waals surface area contributed by atoms with E-state index in [0.717, 1.165) is 23.3 Å². The number of rotatable bonds is 5. The summed E-state index contributed by atoms with van der Waals surface area (Å²) in [7, 11) is 0. The number of aliphatic hydroxyl groups is 1. The SMILES string of the molecule is O=C(/C=C/c1ccc2c(c1)CCO2)NCC(O)c1ccc(F)cc1. The highest BCUT2D eigenvalue weighted by Gasteiger charge is 2.11. The van der Waals surface area contributed by atoms with E-state index in [1.54, 1.807) is 6.08 Å². The summed E-state index contributed by atoms with van der Waals surface area (Å²) in [5.74, 6) is 0.240. The maximum Gasteiger partial charge on any atom is 0.244 e. The first-order chi connectivity index (χ1) is 11.6. The molecule has 0 spiro atoms. The summed E-state index contributed by atoms with van der Waals surface area (Å²) in [6.45, 7) is 0.761. The van der Waals surface area contributed by atoms with E-state index in [4.69, 9.17) is 4.74 Å². The Morgan fingerprint density at radius 3 is 2.88 bits per heavy atom. The number of amides is 1. The van der Waals surface area contributed by atoms with Crippen molar-refractivity contribution in [3.8, 4) is 5.75 Å². The molecule has 24 heavy (non-hydrogen) atoms. The number of hydrogen-bond acceptors (Lipinski definition) is 3. The van der Waals surface area contributed by atoms with E-state index in [2.05, 4.69) is 5.32 Å². The molecule has 3 rings (SSSR count). The lowest BCUT2D eigenvalue weighted by Crippen LogP contribution is -2.26. The van der Waals surface area contributed by atoms with Gasteiger partial charge in [0.05, 0.1) is 12.7 Å². The first kappa shape index (κ1) is 16.2. The van der Waals surface area contributed by atoms with Gasteiger partial charge in [-0.15, -0.1) is 0 Å². The molecule has 1 amide bonds. The number of halogens is 1. The summed E-state index contributed by atoms with van der Waals surface area (Å²) in [6.07, 6.45) is 3.15. The fraction of sp³-hybridized carbons (Fsp3) is 0.211. The van der Waals surface area contributed by atoms with E-state index in [0.29, 0.717) is 12.2 Å². The number of aliphatic hydroxyl groups excluding tert-OH is 1. The molecule has 2 aromatic carbocycles. The largest absolute Gasteiger partial charge is 0.493 e. The molecule has 1 aliphatic rings. The molecule has 0 radical (unpaired) electrons. The van der Waals surface area contributed by atoms with Crippen molar-refractivity contribution >= 4 is 12.0 Å². The monoisotopic (exact) mass is 327 g/mol. The van der Waals surface area contributed by atoms with Gasteiger partial charge in [-0.1, -0.05) is 18.2 Å². The summed E-state index contributed by atoms with van der Waals surface area (Å²) in [5.41, 5.74) is 2.62. The van der Waals surface area contributed by atoms with Crippen molar-refractivity contribution < 1.29 is 19.0 Å². The van der Waals surface area contributed by atoms with Gasteiger partial charge in [0.1, 0.15) is 11.6 Å². The maximum absolute atomic E-state index is 12.8. The van der Waals surface area contributed by atoms with Crippen LogP contribution < -0.4 is 10.1 Å². The molecule has 124 valence electrons. The highest BCUT2D eigenvalue weighted by molar-refractivity contribution is 5.91. The normalized spacial score (nSPS) is 14.2. The van der Waals surface area contributed by atoms with Crippen molar-refractivity contribution in [3.63, 3.8) is 0 Å². The zero-order valence-corrected chi connectivity index (χ0v) is 13.0. The Morgan fingerprint density at radius 2 is 2.08 bits per heavy atom. The van der Waals surface area contributed by atoms with Gasteiger partial charge < -0.3 is 15.2 Å². The van der Waals surface area contributed by atoms with Crippen molar-refractivity contribution in [3.05, 3.63) is 71.0 Å². The number of benzene rings is 2. The second kappa shape index (κ2) is 7.27. The quantitative estimate of drug-likeness (QED) is 0.830. The van der Waals surface area contributed by atoms with Crippen LogP contribution in [0.5, 0.6) is 5.75 Å². The van der Waals surface area contributed by atoms with Crippen LogP contribution in [0.1, 0.15) is 22.8 Å². The minimum absolute atomic E-state index is 0.0623. The number of hydrogen-bond donors (Lipinski definition) is 2. The van der Waals surface area contributed by atoms with Crippen LogP contribution >= 0.6 is 0 Å². The van der Waals surface area contributed by atoms with Crippen LogP contribution in [0.4, 0.5) is 4.39 Å². The van der Waals surface area contributed by atoms with E-state index in [1.807, 2.05) is 18.2 Å². The van der Waals surface area contributed by atoms with Crippen molar-refractivity contribution in [1.29, 1.82) is 0 Å². The molecule has 0 aliphatic carbocycles. The molecule has 0 aromatic heterocycles. The van der Waals surface area contributed by atoms with Crippen molar-refractivity contribution in [2.45, 2.75) is 12.5 Å². The van der Waals surface area contributed by atoms with Crippen LogP contribution in [0.2, 0.25) is 0 Å². The lowest BCUT2D eigenvalue weighted by Gasteiger charge is -2.11. The molecule has 4 nitrogen and oxygen atoms in total. The molecule has 5 heteroatoms. The molecule has 0 saturated heterocycles. The Morgan fingerprint density at radius 1 is 1.29 bits per heavy atom. The Hall–Kier alpha value is -2.66. The summed E-state index contributed by atoms with van der Waals surface area (Å²) in [6, 6.07) is 11.3. The first-order valence-electron chi connectivity index (χ1n) is 7.77. The van der Waals surface area contributed by atoms with Crippen LogP contribution in [0.3, 0.4) is 0 Å². The van der Waals surface area contributed by atoms with Crippen LogP contribution in [-0.4, -0.2) is 24.2 Å². The minimum Gasteiger partial charge on any atom is -0.493 e. The smallest absolute Gasteiger partial charge is 0.244 e. The number of carbonyl (C=O) groups is 1. The Kier molecular flexibility index (Phi) is 4.91. The third kappa shape index (κ3) is 4.00. The first-order valence-corrected chi connectivity index (χ1v) is 7.77. The molecule has 0 fully saturated rings. The molecule has 1 aliphatic heterocycles. The molecular formula is C19H18FNO3. The topological polar surface area (TPSA) is 58.6 Å². The highest BCUT2D eigenvalue weighted by atomic mass is 19.1. The zero-order chi connectivity index (χ0) is 16.9. The fourth-order valence-corrected chi connectivity index (χ4v) is 2.54. The number of fused-ring (bicyclic) bond motifs is 1. The molecule has 2 N–H and O–H groups in total. The number of ether oxygens (including phenoxy) is 1. The second-order valence-electron chi connectivity index (χ2n) is 5.61. The van der Waals surface area contributed by atoms with Crippen LogP contribution in [0, 0.1) is 5.82 Å². The van der Waals surface area contributed by atoms with Gasteiger partial charge in [-0.3, -0.25) is 4.79 Å². The average molecular weight is 327 g/mol. The molecule has 1 atom stereocenters. The van der Waals surface area contributed by atoms with E-state index < -0.39 is 6.10 Å². The van der Waals surface area contributed by atoms with Crippen molar-refractivity contribution in [2.24, 2.45) is 0 Å². The van der Waals surface area contributed by atoms with Gasteiger partial charge in [0, 0.05) is 19.0 Å². The molecular weight excluding hydrogens is 309 g/mol. The Bertz CT molecular complexity index is 756. The van der Waals surface area contributed by atoms with Gasteiger partial charge in [-0.2, -0.15) is 0 Å². The summed E-state index contributed by atoms with van der Waals surface area (Å²) in [5, 5.41) is 12.6. The Labute approximate surface area is 139 Å².